The van der Waals surface area contributed by atoms with E-state index in [1.807, 2.05) is 11.4 Å². The number of ether oxygens (including phenoxy) is 1. The van der Waals surface area contributed by atoms with Crippen molar-refractivity contribution in [2.45, 2.75) is 33.1 Å². The number of carbonyl (C=O) groups is 3. The minimum atomic E-state index is -0.455. The zero-order valence-electron chi connectivity index (χ0n) is 16.3. The molecule has 0 bridgehead atoms. The molecule has 1 saturated heterocycles. The van der Waals surface area contributed by atoms with Crippen LogP contribution in [0.3, 0.4) is 0 Å². The Morgan fingerprint density at radius 2 is 2.11 bits per heavy atom. The summed E-state index contributed by atoms with van der Waals surface area (Å²) in [5.74, 6) is -0.335. The first-order valence-electron chi connectivity index (χ1n) is 9.31. The van der Waals surface area contributed by atoms with Gasteiger partial charge in [0.2, 0.25) is 5.91 Å². The largest absolute Gasteiger partial charge is 0.465 e. The van der Waals surface area contributed by atoms with Gasteiger partial charge in [0, 0.05) is 24.2 Å². The van der Waals surface area contributed by atoms with Gasteiger partial charge in [0.05, 0.1) is 12.7 Å². The van der Waals surface area contributed by atoms with Crippen molar-refractivity contribution in [3.8, 4) is 0 Å². The van der Waals surface area contributed by atoms with E-state index < -0.39 is 5.97 Å². The van der Waals surface area contributed by atoms with Crippen LogP contribution < -0.4 is 10.2 Å². The second-order valence-electron chi connectivity index (χ2n) is 7.21. The highest BCUT2D eigenvalue weighted by Gasteiger charge is 2.24. The van der Waals surface area contributed by atoms with Crippen molar-refractivity contribution in [1.29, 1.82) is 0 Å². The van der Waals surface area contributed by atoms with E-state index in [2.05, 4.69) is 19.2 Å². The van der Waals surface area contributed by atoms with Crippen LogP contribution in [0.4, 0.5) is 10.7 Å². The van der Waals surface area contributed by atoms with Crippen LogP contribution in [0.2, 0.25) is 0 Å². The van der Waals surface area contributed by atoms with Crippen molar-refractivity contribution in [3.63, 3.8) is 0 Å². The first-order chi connectivity index (χ1) is 13.4. The number of hydrogen-bond acceptors (Lipinski definition) is 5. The second-order valence-corrected chi connectivity index (χ2v) is 8.09. The van der Waals surface area contributed by atoms with E-state index >= 15 is 0 Å². The average Bonchev–Trinajstić information content (AvgIpc) is 3.27. The summed E-state index contributed by atoms with van der Waals surface area (Å²) in [5, 5.41) is 5.21. The lowest BCUT2D eigenvalue weighted by Crippen LogP contribution is -2.24. The van der Waals surface area contributed by atoms with Crippen LogP contribution in [-0.2, 0) is 16.0 Å². The fourth-order valence-electron chi connectivity index (χ4n) is 3.31. The molecule has 7 heteroatoms. The SMILES string of the molecule is COC(=O)c1c(CC(C)C)csc1NC(=O)c1cccc(N2CCCC2=O)c1. The van der Waals surface area contributed by atoms with Gasteiger partial charge < -0.3 is 15.0 Å². The van der Waals surface area contributed by atoms with Crippen molar-refractivity contribution in [3.05, 3.63) is 46.3 Å². The standard InChI is InChI=1S/C21H24N2O4S/c1-13(2)10-15-12-28-20(18(15)21(26)27-3)22-19(25)14-6-4-7-16(11-14)23-9-5-8-17(23)24/h4,6-7,11-13H,5,8-10H2,1-3H3,(H,22,25). The van der Waals surface area contributed by atoms with Crippen molar-refractivity contribution >= 4 is 39.8 Å². The summed E-state index contributed by atoms with van der Waals surface area (Å²) in [7, 11) is 1.33. The molecule has 2 heterocycles. The van der Waals surface area contributed by atoms with Gasteiger partial charge in [-0.1, -0.05) is 19.9 Å². The Morgan fingerprint density at radius 3 is 2.75 bits per heavy atom. The number of hydrogen-bond donors (Lipinski definition) is 1. The summed E-state index contributed by atoms with van der Waals surface area (Å²) in [5.41, 5.74) is 2.45. The van der Waals surface area contributed by atoms with E-state index in [-0.39, 0.29) is 11.8 Å². The van der Waals surface area contributed by atoms with E-state index in [1.54, 1.807) is 23.1 Å². The summed E-state index contributed by atoms with van der Waals surface area (Å²) >= 11 is 1.32. The average molecular weight is 401 g/mol. The first kappa shape index (κ1) is 20.1. The number of nitrogens with zero attached hydrogens (tertiary/aromatic N) is 1. The second kappa shape index (κ2) is 8.56. The fraction of sp³-hybridized carbons (Fsp3) is 0.381. The lowest BCUT2D eigenvalue weighted by atomic mass is 10.0. The molecule has 1 aliphatic rings. The lowest BCUT2D eigenvalue weighted by Gasteiger charge is -2.16. The van der Waals surface area contributed by atoms with Gasteiger partial charge in [0.15, 0.2) is 0 Å². The molecule has 1 fully saturated rings. The predicted molar refractivity (Wildman–Crippen MR) is 110 cm³/mol. The maximum atomic E-state index is 12.8. The minimum Gasteiger partial charge on any atom is -0.465 e. The van der Waals surface area contributed by atoms with Crippen LogP contribution in [-0.4, -0.2) is 31.4 Å². The highest BCUT2D eigenvalue weighted by molar-refractivity contribution is 7.15. The number of thiophene rings is 1. The van der Waals surface area contributed by atoms with E-state index in [4.69, 9.17) is 4.74 Å². The predicted octanol–water partition coefficient (Wildman–Crippen LogP) is 4.11. The third kappa shape index (κ3) is 4.25. The lowest BCUT2D eigenvalue weighted by molar-refractivity contribution is -0.117. The Balaban J connectivity index is 1.84. The molecule has 0 saturated carbocycles. The topological polar surface area (TPSA) is 75.7 Å². The summed E-state index contributed by atoms with van der Waals surface area (Å²) in [6.07, 6.45) is 2.08. The molecule has 28 heavy (non-hydrogen) atoms. The normalized spacial score (nSPS) is 13.9. The number of esters is 1. The molecule has 2 amide bonds. The molecule has 0 radical (unpaired) electrons. The quantitative estimate of drug-likeness (QED) is 0.741. The highest BCUT2D eigenvalue weighted by Crippen LogP contribution is 2.31. The van der Waals surface area contributed by atoms with Crippen LogP contribution in [0.15, 0.2) is 29.6 Å². The third-order valence-corrected chi connectivity index (χ3v) is 5.55. The van der Waals surface area contributed by atoms with Gasteiger partial charge in [-0.2, -0.15) is 0 Å². The first-order valence-corrected chi connectivity index (χ1v) is 10.2. The van der Waals surface area contributed by atoms with Crippen LogP contribution in [0.5, 0.6) is 0 Å². The van der Waals surface area contributed by atoms with Crippen molar-refractivity contribution in [2.24, 2.45) is 5.92 Å². The van der Waals surface area contributed by atoms with Gasteiger partial charge in [0.25, 0.3) is 5.91 Å². The molecule has 1 aromatic heterocycles. The van der Waals surface area contributed by atoms with Crippen molar-refractivity contribution < 1.29 is 19.1 Å². The molecule has 6 nitrogen and oxygen atoms in total. The number of amides is 2. The molecule has 0 aliphatic carbocycles. The number of anilines is 2. The van der Waals surface area contributed by atoms with Crippen LogP contribution in [0, 0.1) is 5.92 Å². The van der Waals surface area contributed by atoms with Crippen LogP contribution in [0.1, 0.15) is 53.0 Å². The molecule has 0 unspecified atom stereocenters. The molecular formula is C21H24N2O4S. The fourth-order valence-corrected chi connectivity index (χ4v) is 4.27. The summed E-state index contributed by atoms with van der Waals surface area (Å²) in [6, 6.07) is 6.99. The molecule has 148 valence electrons. The van der Waals surface area contributed by atoms with E-state index in [1.165, 1.54) is 18.4 Å². The highest BCUT2D eigenvalue weighted by atomic mass is 32.1. The summed E-state index contributed by atoms with van der Waals surface area (Å²) < 4.78 is 4.92. The molecular weight excluding hydrogens is 376 g/mol. The molecule has 0 spiro atoms. The molecule has 1 aliphatic heterocycles. The Hall–Kier alpha value is -2.67. The smallest absolute Gasteiger partial charge is 0.341 e. The maximum absolute atomic E-state index is 12.8. The third-order valence-electron chi connectivity index (χ3n) is 4.61. The zero-order chi connectivity index (χ0) is 20.3. The Morgan fingerprint density at radius 1 is 1.32 bits per heavy atom. The van der Waals surface area contributed by atoms with Gasteiger partial charge in [-0.05, 0) is 47.9 Å². The molecule has 2 aromatic rings. The molecule has 0 atom stereocenters. The zero-order valence-corrected chi connectivity index (χ0v) is 17.1. The van der Waals surface area contributed by atoms with E-state index in [0.29, 0.717) is 35.0 Å². The van der Waals surface area contributed by atoms with Crippen LogP contribution in [0.25, 0.3) is 0 Å². The molecule has 1 aromatic carbocycles. The Bertz CT molecular complexity index is 904. The van der Waals surface area contributed by atoms with E-state index in [9.17, 15) is 14.4 Å². The van der Waals surface area contributed by atoms with Crippen LogP contribution >= 0.6 is 11.3 Å². The number of benzene rings is 1. The molecule has 1 N–H and O–H groups in total. The van der Waals surface area contributed by atoms with Gasteiger partial charge in [-0.3, -0.25) is 9.59 Å². The summed E-state index contributed by atoms with van der Waals surface area (Å²) in [4.78, 5) is 38.7. The van der Waals surface area contributed by atoms with Gasteiger partial charge in [0.1, 0.15) is 5.00 Å². The monoisotopic (exact) mass is 400 g/mol. The summed E-state index contributed by atoms with van der Waals surface area (Å²) in [6.45, 7) is 4.81. The van der Waals surface area contributed by atoms with Gasteiger partial charge >= 0.3 is 5.97 Å². The Labute approximate surface area is 168 Å². The number of nitrogens with one attached hydrogen (secondary N) is 1. The number of methoxy groups -OCH3 is 1. The minimum absolute atomic E-state index is 0.0714. The van der Waals surface area contributed by atoms with Crippen molar-refractivity contribution in [1.82, 2.24) is 0 Å². The van der Waals surface area contributed by atoms with Crippen molar-refractivity contribution in [2.75, 3.05) is 23.9 Å². The Kier molecular flexibility index (Phi) is 6.14. The maximum Gasteiger partial charge on any atom is 0.341 e. The molecule has 3 rings (SSSR count). The van der Waals surface area contributed by atoms with E-state index in [0.717, 1.165) is 24.1 Å². The number of rotatable bonds is 6. The van der Waals surface area contributed by atoms with Gasteiger partial charge in [-0.25, -0.2) is 4.79 Å². The van der Waals surface area contributed by atoms with Gasteiger partial charge in [-0.15, -0.1) is 11.3 Å². The number of carbonyl (C=O) groups excluding carboxylic acids is 3.